The van der Waals surface area contributed by atoms with Gasteiger partial charge < -0.3 is 9.64 Å². The van der Waals surface area contributed by atoms with Crippen LogP contribution in [-0.4, -0.2) is 51.3 Å². The molecule has 0 saturated carbocycles. The first-order chi connectivity index (χ1) is 7.81. The van der Waals surface area contributed by atoms with Gasteiger partial charge in [0, 0.05) is 16.1 Å². The van der Waals surface area contributed by atoms with Crippen LogP contribution in [0.3, 0.4) is 0 Å². The van der Waals surface area contributed by atoms with Gasteiger partial charge in [0.2, 0.25) is 9.05 Å². The number of cyclic esters (lactones) is 1. The first kappa shape index (κ1) is 13.1. The van der Waals surface area contributed by atoms with Crippen LogP contribution in [-0.2, 0) is 18.6 Å². The maximum Gasteiger partial charge on any atom is 0.306 e. The van der Waals surface area contributed by atoms with Crippen molar-refractivity contribution in [2.45, 2.75) is 25.4 Å². The Kier molecular flexibility index (Phi) is 3.40. The molecule has 0 aromatic rings. The van der Waals surface area contributed by atoms with E-state index >= 15 is 0 Å². The van der Waals surface area contributed by atoms with Crippen molar-refractivity contribution >= 4 is 25.7 Å². The third-order valence-corrected chi connectivity index (χ3v) is 4.87. The van der Waals surface area contributed by atoms with Crippen LogP contribution >= 0.6 is 10.7 Å². The molecule has 5 nitrogen and oxygen atoms in total. The number of nitrogens with zero attached hydrogens (tertiary/aromatic N) is 1. The zero-order valence-corrected chi connectivity index (χ0v) is 11.3. The number of hydrogen-bond acceptors (Lipinski definition) is 5. The minimum atomic E-state index is -3.64. The summed E-state index contributed by atoms with van der Waals surface area (Å²) in [4.78, 5) is 13.6. The molecule has 2 rings (SSSR count). The summed E-state index contributed by atoms with van der Waals surface area (Å²) in [5.74, 6) is -0.579. The summed E-state index contributed by atoms with van der Waals surface area (Å²) in [6.07, 6.45) is 1.31. The van der Waals surface area contributed by atoms with Crippen LogP contribution in [0.15, 0.2) is 0 Å². The molecule has 7 heteroatoms. The Labute approximate surface area is 105 Å². The van der Waals surface area contributed by atoms with Crippen molar-refractivity contribution in [3.05, 3.63) is 0 Å². The molecule has 0 aliphatic carbocycles. The molecule has 0 bridgehead atoms. The molecule has 0 aromatic heterocycles. The van der Waals surface area contributed by atoms with Gasteiger partial charge in [-0.1, -0.05) is 0 Å². The molecule has 2 aliphatic rings. The van der Waals surface area contributed by atoms with Crippen LogP contribution in [0.5, 0.6) is 0 Å². The van der Waals surface area contributed by atoms with E-state index in [1.165, 1.54) is 0 Å². The molecule has 1 spiro atoms. The van der Waals surface area contributed by atoms with Crippen LogP contribution in [0.4, 0.5) is 0 Å². The lowest BCUT2D eigenvalue weighted by atomic mass is 9.73. The number of likely N-dealkylation sites (tertiary alicyclic amines) is 1. The Morgan fingerprint density at radius 3 is 2.59 bits per heavy atom. The van der Waals surface area contributed by atoms with E-state index < -0.39 is 15.2 Å². The van der Waals surface area contributed by atoms with Crippen molar-refractivity contribution in [1.82, 2.24) is 4.90 Å². The van der Waals surface area contributed by atoms with Crippen molar-refractivity contribution in [2.75, 3.05) is 25.9 Å². The fraction of sp³-hybridized carbons (Fsp3) is 0.900. The number of carbonyl (C=O) groups is 1. The third kappa shape index (κ3) is 2.92. The van der Waals surface area contributed by atoms with E-state index in [0.717, 1.165) is 25.9 Å². The number of ether oxygens (including phenoxy) is 1. The highest BCUT2D eigenvalue weighted by atomic mass is 35.7. The second-order valence-corrected chi connectivity index (χ2v) is 7.85. The van der Waals surface area contributed by atoms with Gasteiger partial charge >= 0.3 is 5.97 Å². The Hall–Kier alpha value is -0.330. The minimum absolute atomic E-state index is 0.274. The molecule has 2 saturated heterocycles. The van der Waals surface area contributed by atoms with Crippen LogP contribution < -0.4 is 0 Å². The van der Waals surface area contributed by atoms with Crippen LogP contribution in [0.2, 0.25) is 0 Å². The van der Waals surface area contributed by atoms with E-state index in [1.807, 2.05) is 7.05 Å². The Morgan fingerprint density at radius 2 is 2.06 bits per heavy atom. The summed E-state index contributed by atoms with van der Waals surface area (Å²) in [7, 11) is 3.64. The van der Waals surface area contributed by atoms with Gasteiger partial charge in [-0.25, -0.2) is 8.42 Å². The topological polar surface area (TPSA) is 63.7 Å². The maximum atomic E-state index is 11.4. The Balaban J connectivity index is 2.16. The smallest absolute Gasteiger partial charge is 0.306 e. The number of hydrogen-bond donors (Lipinski definition) is 0. The number of rotatable bonds is 2. The average Bonchev–Trinajstić information content (AvgIpc) is 2.46. The van der Waals surface area contributed by atoms with Crippen LogP contribution in [0.1, 0.15) is 19.3 Å². The van der Waals surface area contributed by atoms with Gasteiger partial charge in [-0.2, -0.15) is 0 Å². The first-order valence-corrected chi connectivity index (χ1v) is 8.09. The van der Waals surface area contributed by atoms with E-state index in [-0.39, 0.29) is 17.1 Å². The first-order valence-electron chi connectivity index (χ1n) is 5.61. The molecule has 1 atom stereocenters. The largest absolute Gasteiger partial charge is 0.461 e. The highest BCUT2D eigenvalue weighted by molar-refractivity contribution is 8.13. The Morgan fingerprint density at radius 1 is 1.47 bits per heavy atom. The van der Waals surface area contributed by atoms with Crippen molar-refractivity contribution in [2.24, 2.45) is 5.41 Å². The highest BCUT2D eigenvalue weighted by Crippen LogP contribution is 2.45. The van der Waals surface area contributed by atoms with Crippen LogP contribution in [0, 0.1) is 5.41 Å². The van der Waals surface area contributed by atoms with E-state index in [4.69, 9.17) is 15.4 Å². The van der Waals surface area contributed by atoms with Crippen molar-refractivity contribution in [3.63, 3.8) is 0 Å². The van der Waals surface area contributed by atoms with E-state index in [1.54, 1.807) is 0 Å². The molecular weight excluding hydrogens is 266 g/mol. The van der Waals surface area contributed by atoms with Gasteiger partial charge in [-0.3, -0.25) is 4.79 Å². The second-order valence-electron chi connectivity index (χ2n) is 5.03. The Bertz CT molecular complexity index is 414. The quantitative estimate of drug-likeness (QED) is 0.547. The monoisotopic (exact) mass is 281 g/mol. The zero-order valence-electron chi connectivity index (χ0n) is 9.69. The van der Waals surface area contributed by atoms with Gasteiger partial charge in [-0.05, 0) is 33.0 Å². The summed E-state index contributed by atoms with van der Waals surface area (Å²) >= 11 is 0. The van der Waals surface area contributed by atoms with E-state index in [2.05, 4.69) is 4.90 Å². The number of halogens is 1. The number of esters is 1. The summed E-state index contributed by atoms with van der Waals surface area (Å²) < 4.78 is 27.4. The molecule has 1 unspecified atom stereocenters. The van der Waals surface area contributed by atoms with E-state index in [9.17, 15) is 13.2 Å². The molecule has 2 heterocycles. The second kappa shape index (κ2) is 4.40. The molecule has 2 fully saturated rings. The molecule has 0 N–H and O–H groups in total. The van der Waals surface area contributed by atoms with Crippen molar-refractivity contribution < 1.29 is 17.9 Å². The van der Waals surface area contributed by atoms with Gasteiger partial charge in [0.1, 0.15) is 11.9 Å². The van der Waals surface area contributed by atoms with Crippen LogP contribution in [0.25, 0.3) is 0 Å². The van der Waals surface area contributed by atoms with Gasteiger partial charge in [0.05, 0.1) is 6.42 Å². The van der Waals surface area contributed by atoms with Gasteiger partial charge in [0.25, 0.3) is 0 Å². The average molecular weight is 282 g/mol. The number of piperidine rings is 1. The standard InChI is InChI=1S/C10H16ClNO4S/c1-12-4-2-10(3-5-12)6-9(13)16-8(10)7-17(11,14)15/h8H,2-7H2,1H3. The minimum Gasteiger partial charge on any atom is -0.461 e. The summed E-state index contributed by atoms with van der Waals surface area (Å²) in [5.41, 5.74) is -0.328. The molecular formula is C10H16ClNO4S. The van der Waals surface area contributed by atoms with Gasteiger partial charge in [0.15, 0.2) is 0 Å². The molecule has 0 aromatic carbocycles. The predicted molar refractivity (Wildman–Crippen MR) is 63.3 cm³/mol. The van der Waals surface area contributed by atoms with Crippen molar-refractivity contribution in [1.29, 1.82) is 0 Å². The fourth-order valence-corrected chi connectivity index (χ4v) is 3.81. The molecule has 17 heavy (non-hydrogen) atoms. The predicted octanol–water partition coefficient (Wildman–Crippen LogP) is 0.583. The normalized spacial score (nSPS) is 29.5. The molecule has 0 radical (unpaired) electrons. The molecule has 2 aliphatic heterocycles. The van der Waals surface area contributed by atoms with Crippen molar-refractivity contribution in [3.8, 4) is 0 Å². The lowest BCUT2D eigenvalue weighted by molar-refractivity contribution is -0.141. The summed E-state index contributed by atoms with van der Waals surface area (Å²) in [6.45, 7) is 1.71. The fourth-order valence-electron chi connectivity index (χ4n) is 2.68. The SMILES string of the molecule is CN1CCC2(CC1)CC(=O)OC2CS(=O)(=O)Cl. The zero-order chi connectivity index (χ0) is 12.7. The van der Waals surface area contributed by atoms with E-state index in [0.29, 0.717) is 6.42 Å². The highest BCUT2D eigenvalue weighted by Gasteiger charge is 2.51. The summed E-state index contributed by atoms with van der Waals surface area (Å²) in [5, 5.41) is 0. The summed E-state index contributed by atoms with van der Waals surface area (Å²) in [6, 6.07) is 0. The third-order valence-electron chi connectivity index (χ3n) is 3.79. The van der Waals surface area contributed by atoms with Gasteiger partial charge in [-0.15, -0.1) is 0 Å². The number of carbonyl (C=O) groups excluding carboxylic acids is 1. The lowest BCUT2D eigenvalue weighted by Crippen LogP contribution is -2.44. The lowest BCUT2D eigenvalue weighted by Gasteiger charge is -2.39. The molecule has 98 valence electrons. The maximum absolute atomic E-state index is 11.4. The molecule has 0 amide bonds.